The van der Waals surface area contributed by atoms with Gasteiger partial charge in [-0.15, -0.1) is 0 Å². The fourth-order valence-electron chi connectivity index (χ4n) is 2.80. The zero-order valence-electron chi connectivity index (χ0n) is 15.4. The molecule has 0 spiro atoms. The van der Waals surface area contributed by atoms with Crippen LogP contribution in [0.1, 0.15) is 5.56 Å². The van der Waals surface area contributed by atoms with Crippen molar-refractivity contribution in [3.8, 4) is 0 Å². The van der Waals surface area contributed by atoms with Crippen LogP contribution >= 0.6 is 11.6 Å². The Kier molecular flexibility index (Phi) is 6.86. The number of sulfonamides is 1. The summed E-state index contributed by atoms with van der Waals surface area (Å²) in [5, 5.41) is 5.35. The van der Waals surface area contributed by atoms with Gasteiger partial charge in [-0.2, -0.15) is 4.31 Å². The quantitative estimate of drug-likeness (QED) is 0.659. The van der Waals surface area contributed by atoms with E-state index in [1.165, 1.54) is 24.3 Å². The van der Waals surface area contributed by atoms with Crippen molar-refractivity contribution in [1.29, 1.82) is 0 Å². The lowest BCUT2D eigenvalue weighted by atomic mass is 10.2. The van der Waals surface area contributed by atoms with Crippen molar-refractivity contribution in [2.24, 2.45) is 0 Å². The topological polar surface area (TPSA) is 105 Å². The first-order chi connectivity index (χ1) is 13.9. The Morgan fingerprint density at radius 1 is 1.03 bits per heavy atom. The average Bonchev–Trinajstić information content (AvgIpc) is 3.21. The second-order valence-corrected chi connectivity index (χ2v) is 8.60. The molecule has 0 aromatic heterocycles. The molecule has 3 rings (SSSR count). The Hall–Kier alpha value is -2.46. The maximum absolute atomic E-state index is 12.8. The van der Waals surface area contributed by atoms with Crippen LogP contribution < -0.4 is 10.6 Å². The molecule has 0 saturated carbocycles. The molecular formula is C19H20ClN3O5S. The number of nitrogens with zero attached hydrogens (tertiary/aromatic N) is 1. The first kappa shape index (κ1) is 21.3. The summed E-state index contributed by atoms with van der Waals surface area (Å²) in [6.07, 6.45) is -0.901. The van der Waals surface area contributed by atoms with Gasteiger partial charge < -0.3 is 15.4 Å². The van der Waals surface area contributed by atoms with E-state index in [4.69, 9.17) is 16.3 Å². The smallest absolute Gasteiger partial charge is 0.309 e. The largest absolute Gasteiger partial charge is 0.359 e. The Bertz CT molecular complexity index is 967. The fourth-order valence-corrected chi connectivity index (χ4v) is 4.44. The lowest BCUT2D eigenvalue weighted by Crippen LogP contribution is -2.47. The molecule has 1 atom stereocenters. The number of hydrogen-bond donors (Lipinski definition) is 2. The van der Waals surface area contributed by atoms with E-state index in [2.05, 4.69) is 10.6 Å². The van der Waals surface area contributed by atoms with Crippen molar-refractivity contribution in [3.63, 3.8) is 0 Å². The molecule has 1 saturated heterocycles. The minimum Gasteiger partial charge on any atom is -0.359 e. The molecule has 1 fully saturated rings. The molecule has 2 N–H and O–H groups in total. The van der Waals surface area contributed by atoms with Gasteiger partial charge in [-0.05, 0) is 29.8 Å². The molecule has 29 heavy (non-hydrogen) atoms. The summed E-state index contributed by atoms with van der Waals surface area (Å²) >= 11 is 5.81. The monoisotopic (exact) mass is 437 g/mol. The molecule has 2 aromatic rings. The van der Waals surface area contributed by atoms with Gasteiger partial charge in [-0.25, -0.2) is 8.42 Å². The summed E-state index contributed by atoms with van der Waals surface area (Å²) in [5.74, 6) is -1.67. The first-order valence-electron chi connectivity index (χ1n) is 8.87. The van der Waals surface area contributed by atoms with E-state index in [-0.39, 0.29) is 31.1 Å². The van der Waals surface area contributed by atoms with Crippen molar-refractivity contribution < 1.29 is 22.7 Å². The van der Waals surface area contributed by atoms with Crippen LogP contribution in [0.3, 0.4) is 0 Å². The SMILES string of the molecule is O=C(NCc1ccccc1)C(=O)NCC1OCCN1S(=O)(=O)c1ccc(Cl)cc1. The summed E-state index contributed by atoms with van der Waals surface area (Å²) in [6.45, 7) is 0.397. The molecule has 0 aliphatic carbocycles. The van der Waals surface area contributed by atoms with Gasteiger partial charge in [0, 0.05) is 18.1 Å². The molecule has 1 heterocycles. The van der Waals surface area contributed by atoms with Crippen molar-refractivity contribution in [2.45, 2.75) is 17.7 Å². The number of carbonyl (C=O) groups is 2. The van der Waals surface area contributed by atoms with Gasteiger partial charge in [0.05, 0.1) is 18.0 Å². The Balaban J connectivity index is 1.55. The van der Waals surface area contributed by atoms with Gasteiger partial charge in [0.25, 0.3) is 0 Å². The Morgan fingerprint density at radius 3 is 2.38 bits per heavy atom. The molecule has 1 aliphatic rings. The van der Waals surface area contributed by atoms with Crippen molar-refractivity contribution in [3.05, 3.63) is 65.2 Å². The van der Waals surface area contributed by atoms with Gasteiger partial charge in [0.2, 0.25) is 10.0 Å². The molecule has 1 unspecified atom stereocenters. The third kappa shape index (κ3) is 5.33. The van der Waals surface area contributed by atoms with Crippen LogP contribution in [0.15, 0.2) is 59.5 Å². The normalized spacial score (nSPS) is 17.1. The summed E-state index contributed by atoms with van der Waals surface area (Å²) in [5.41, 5.74) is 0.855. The number of hydrogen-bond acceptors (Lipinski definition) is 5. The molecular weight excluding hydrogens is 418 g/mol. The molecule has 8 nitrogen and oxygen atoms in total. The number of ether oxygens (including phenoxy) is 1. The van der Waals surface area contributed by atoms with E-state index in [0.717, 1.165) is 9.87 Å². The number of amides is 2. The van der Waals surface area contributed by atoms with Crippen LogP contribution in [0.25, 0.3) is 0 Å². The summed E-state index contributed by atoms with van der Waals surface area (Å²) in [4.78, 5) is 24.0. The maximum Gasteiger partial charge on any atom is 0.309 e. The number of rotatable bonds is 6. The second-order valence-electron chi connectivity index (χ2n) is 6.27. The van der Waals surface area contributed by atoms with E-state index in [9.17, 15) is 18.0 Å². The zero-order valence-corrected chi connectivity index (χ0v) is 16.9. The van der Waals surface area contributed by atoms with E-state index in [1.54, 1.807) is 0 Å². The highest BCUT2D eigenvalue weighted by Gasteiger charge is 2.36. The Labute approximate surface area is 173 Å². The van der Waals surface area contributed by atoms with Gasteiger partial charge in [0.1, 0.15) is 6.23 Å². The molecule has 0 bridgehead atoms. The highest BCUT2D eigenvalue weighted by molar-refractivity contribution is 7.89. The summed E-state index contributed by atoms with van der Waals surface area (Å²) in [6, 6.07) is 14.9. The molecule has 10 heteroatoms. The van der Waals surface area contributed by atoms with E-state index < -0.39 is 28.1 Å². The number of halogens is 1. The molecule has 0 radical (unpaired) electrons. The van der Waals surface area contributed by atoms with Crippen molar-refractivity contribution >= 4 is 33.4 Å². The second kappa shape index (κ2) is 9.36. The number of carbonyl (C=O) groups excluding carboxylic acids is 2. The Morgan fingerprint density at radius 2 is 1.69 bits per heavy atom. The van der Waals surface area contributed by atoms with Crippen LogP contribution in [0, 0.1) is 0 Å². The highest BCUT2D eigenvalue weighted by atomic mass is 35.5. The fraction of sp³-hybridized carbons (Fsp3) is 0.263. The minimum atomic E-state index is -3.82. The van der Waals surface area contributed by atoms with Crippen LogP contribution in [0.5, 0.6) is 0 Å². The molecule has 1 aliphatic heterocycles. The lowest BCUT2D eigenvalue weighted by Gasteiger charge is -2.22. The number of nitrogens with one attached hydrogen (secondary N) is 2. The van der Waals surface area contributed by atoms with Crippen molar-refractivity contribution in [2.75, 3.05) is 19.7 Å². The van der Waals surface area contributed by atoms with Crippen molar-refractivity contribution in [1.82, 2.24) is 14.9 Å². The van der Waals surface area contributed by atoms with Gasteiger partial charge in [-0.3, -0.25) is 9.59 Å². The zero-order chi connectivity index (χ0) is 20.9. The van der Waals surface area contributed by atoms with Gasteiger partial charge in [0.15, 0.2) is 0 Å². The van der Waals surface area contributed by atoms with E-state index in [0.29, 0.717) is 5.02 Å². The van der Waals surface area contributed by atoms with E-state index >= 15 is 0 Å². The molecule has 2 amide bonds. The van der Waals surface area contributed by atoms with Gasteiger partial charge >= 0.3 is 11.8 Å². The first-order valence-corrected chi connectivity index (χ1v) is 10.7. The standard InChI is InChI=1S/C19H20ClN3O5S/c20-15-6-8-16(9-7-15)29(26,27)23-10-11-28-17(23)13-22-19(25)18(24)21-12-14-4-2-1-3-5-14/h1-9,17H,10-13H2,(H,21,24)(H,22,25). The minimum absolute atomic E-state index is 0.0735. The summed E-state index contributed by atoms with van der Waals surface area (Å²) < 4.78 is 32.2. The van der Waals surface area contributed by atoms with Crippen LogP contribution in [0.4, 0.5) is 0 Å². The molecule has 2 aromatic carbocycles. The predicted molar refractivity (Wildman–Crippen MR) is 106 cm³/mol. The van der Waals surface area contributed by atoms with Gasteiger partial charge in [-0.1, -0.05) is 41.9 Å². The highest BCUT2D eigenvalue weighted by Crippen LogP contribution is 2.23. The summed E-state index contributed by atoms with van der Waals surface area (Å²) in [7, 11) is -3.82. The molecule has 154 valence electrons. The van der Waals surface area contributed by atoms with Crippen LogP contribution in [0.2, 0.25) is 5.02 Å². The van der Waals surface area contributed by atoms with Crippen LogP contribution in [-0.2, 0) is 30.9 Å². The third-order valence-corrected chi connectivity index (χ3v) is 6.46. The number of benzene rings is 2. The third-order valence-electron chi connectivity index (χ3n) is 4.30. The maximum atomic E-state index is 12.8. The lowest BCUT2D eigenvalue weighted by molar-refractivity contribution is -0.139. The average molecular weight is 438 g/mol. The predicted octanol–water partition coefficient (Wildman–Crippen LogP) is 1.12. The van der Waals surface area contributed by atoms with E-state index in [1.807, 2.05) is 30.3 Å². The van der Waals surface area contributed by atoms with Crippen LogP contribution in [-0.4, -0.2) is 50.5 Å².